The molecule has 3 aromatic rings. The molecule has 0 fully saturated rings. The van der Waals surface area contributed by atoms with Crippen molar-refractivity contribution in [2.24, 2.45) is 0 Å². The van der Waals surface area contributed by atoms with Crippen LogP contribution in [0.25, 0.3) is 6.08 Å². The van der Waals surface area contributed by atoms with E-state index in [2.05, 4.69) is 14.7 Å². The van der Waals surface area contributed by atoms with Crippen molar-refractivity contribution in [3.05, 3.63) is 77.9 Å². The summed E-state index contributed by atoms with van der Waals surface area (Å²) in [6.07, 6.45) is 6.57. The summed E-state index contributed by atoms with van der Waals surface area (Å²) in [7, 11) is -4.12. The Bertz CT molecular complexity index is 1240. The molecule has 8 nitrogen and oxygen atoms in total. The molecule has 2 unspecified atom stereocenters. The number of hydrogen-bond donors (Lipinski definition) is 3. The van der Waals surface area contributed by atoms with Crippen molar-refractivity contribution in [3.8, 4) is 11.5 Å². The normalized spacial score (nSPS) is 16.3. The summed E-state index contributed by atoms with van der Waals surface area (Å²) in [4.78, 5) is 18.5. The average molecular weight is 457 g/mol. The maximum atomic E-state index is 13.7. The molecule has 166 valence electrons. The van der Waals surface area contributed by atoms with Crippen LogP contribution >= 0.6 is 0 Å². The summed E-state index contributed by atoms with van der Waals surface area (Å²) < 4.78 is 47.1. The summed E-state index contributed by atoms with van der Waals surface area (Å²) in [5.41, 5.74) is 1.91. The quantitative estimate of drug-likeness (QED) is 0.478. The van der Waals surface area contributed by atoms with Crippen molar-refractivity contribution in [2.45, 2.75) is 30.0 Å². The van der Waals surface area contributed by atoms with Gasteiger partial charge in [0.25, 0.3) is 0 Å². The molecule has 0 bridgehead atoms. The predicted molar refractivity (Wildman–Crippen MR) is 115 cm³/mol. The van der Waals surface area contributed by atoms with E-state index in [1.54, 1.807) is 36.8 Å². The Morgan fingerprint density at radius 1 is 1.22 bits per heavy atom. The van der Waals surface area contributed by atoms with Crippen LogP contribution in [0.4, 0.5) is 4.39 Å². The summed E-state index contributed by atoms with van der Waals surface area (Å²) in [6, 6.07) is 7.50. The number of carboxylic acids is 1. The molecule has 10 heteroatoms. The topological polar surface area (TPSA) is 121 Å². The Kier molecular flexibility index (Phi) is 6.06. The Morgan fingerprint density at radius 2 is 1.91 bits per heavy atom. The number of hydrogen-bond acceptors (Lipinski definition) is 5. The van der Waals surface area contributed by atoms with Gasteiger partial charge < -0.3 is 14.8 Å². The fourth-order valence-electron chi connectivity index (χ4n) is 3.43. The largest absolute Gasteiger partial charge is 0.480 e. The Labute approximate surface area is 183 Å². The zero-order chi connectivity index (χ0) is 22.7. The van der Waals surface area contributed by atoms with Gasteiger partial charge in [0, 0.05) is 37.1 Å². The third kappa shape index (κ3) is 4.87. The molecule has 0 saturated heterocycles. The molecule has 2 atom stereocenters. The lowest BCUT2D eigenvalue weighted by molar-refractivity contribution is -0.138. The van der Waals surface area contributed by atoms with Gasteiger partial charge in [-0.1, -0.05) is 0 Å². The minimum atomic E-state index is -4.12. The van der Waals surface area contributed by atoms with Gasteiger partial charge in [-0.2, -0.15) is 4.72 Å². The SMILES string of the molecule is O=C(O)C(Cc1c[nH]c2c1CC(F)C=C2)NS(=O)(=O)c1ccc(Oc2ccncc2)cc1. The highest BCUT2D eigenvalue weighted by molar-refractivity contribution is 7.89. The number of aromatic nitrogens is 2. The van der Waals surface area contributed by atoms with Crippen molar-refractivity contribution >= 4 is 22.1 Å². The third-order valence-corrected chi connectivity index (χ3v) is 6.51. The number of nitrogens with zero attached hydrogens (tertiary/aromatic N) is 1. The van der Waals surface area contributed by atoms with E-state index in [0.29, 0.717) is 28.3 Å². The number of allylic oxidation sites excluding steroid dienone is 1. The number of alkyl halides is 1. The minimum absolute atomic E-state index is 0.103. The van der Waals surface area contributed by atoms with Crippen LogP contribution in [0.15, 0.2) is 66.0 Å². The highest BCUT2D eigenvalue weighted by Crippen LogP contribution is 2.26. The molecule has 3 N–H and O–H groups in total. The molecule has 0 aliphatic heterocycles. The number of aromatic amines is 1. The minimum Gasteiger partial charge on any atom is -0.480 e. The Hall–Kier alpha value is -3.50. The van der Waals surface area contributed by atoms with Crippen LogP contribution in [-0.4, -0.2) is 41.7 Å². The monoisotopic (exact) mass is 457 g/mol. The van der Waals surface area contributed by atoms with Crippen LogP contribution in [0, 0.1) is 0 Å². The first-order valence-electron chi connectivity index (χ1n) is 9.76. The zero-order valence-electron chi connectivity index (χ0n) is 16.7. The molecule has 1 aliphatic rings. The lowest BCUT2D eigenvalue weighted by atomic mass is 9.96. The molecule has 1 aliphatic carbocycles. The molecule has 32 heavy (non-hydrogen) atoms. The van der Waals surface area contributed by atoms with E-state index in [4.69, 9.17) is 4.74 Å². The first-order chi connectivity index (χ1) is 15.3. The number of sulfonamides is 1. The highest BCUT2D eigenvalue weighted by atomic mass is 32.2. The van der Waals surface area contributed by atoms with Crippen LogP contribution < -0.4 is 9.46 Å². The van der Waals surface area contributed by atoms with Crippen LogP contribution in [0.5, 0.6) is 11.5 Å². The summed E-state index contributed by atoms with van der Waals surface area (Å²) in [5, 5.41) is 9.60. The van der Waals surface area contributed by atoms with Crippen LogP contribution in [0.2, 0.25) is 0 Å². The fourth-order valence-corrected chi connectivity index (χ4v) is 4.62. The first-order valence-corrected chi connectivity index (χ1v) is 11.2. The zero-order valence-corrected chi connectivity index (χ0v) is 17.5. The average Bonchev–Trinajstić information content (AvgIpc) is 3.16. The molecule has 2 aromatic heterocycles. The van der Waals surface area contributed by atoms with E-state index in [1.807, 2.05) is 0 Å². The second kappa shape index (κ2) is 8.93. The predicted octanol–water partition coefficient (Wildman–Crippen LogP) is 3.08. The number of ether oxygens (including phenoxy) is 1. The van der Waals surface area contributed by atoms with Gasteiger partial charge in [-0.25, -0.2) is 12.8 Å². The number of pyridine rings is 1. The summed E-state index contributed by atoms with van der Waals surface area (Å²) in [6.45, 7) is 0. The van der Waals surface area contributed by atoms with Gasteiger partial charge in [-0.15, -0.1) is 0 Å². The molecule has 0 spiro atoms. The van der Waals surface area contributed by atoms with Gasteiger partial charge in [0.2, 0.25) is 10.0 Å². The van der Waals surface area contributed by atoms with Gasteiger partial charge in [0.15, 0.2) is 0 Å². The number of carboxylic acid groups (broad SMARTS) is 1. The van der Waals surface area contributed by atoms with Crippen LogP contribution in [0.1, 0.15) is 16.8 Å². The number of aliphatic carboxylic acids is 1. The Balaban J connectivity index is 1.49. The molecule has 4 rings (SSSR count). The van der Waals surface area contributed by atoms with E-state index in [0.717, 1.165) is 0 Å². The lowest BCUT2D eigenvalue weighted by Crippen LogP contribution is -2.42. The van der Waals surface area contributed by atoms with Gasteiger partial charge in [-0.05, 0) is 59.7 Å². The maximum Gasteiger partial charge on any atom is 0.322 e. The van der Waals surface area contributed by atoms with E-state index in [-0.39, 0.29) is 17.7 Å². The summed E-state index contributed by atoms with van der Waals surface area (Å²) in [5.74, 6) is -0.373. The Morgan fingerprint density at radius 3 is 2.59 bits per heavy atom. The summed E-state index contributed by atoms with van der Waals surface area (Å²) >= 11 is 0. The first kappa shape index (κ1) is 21.7. The number of halogens is 1. The van der Waals surface area contributed by atoms with Crippen molar-refractivity contribution < 1.29 is 27.4 Å². The molecule has 2 heterocycles. The molecular formula is C22H20FN3O5S. The third-order valence-electron chi connectivity index (χ3n) is 5.02. The van der Waals surface area contributed by atoms with E-state index in [9.17, 15) is 22.7 Å². The number of carbonyl (C=O) groups is 1. The maximum absolute atomic E-state index is 13.7. The molecule has 1 aromatic carbocycles. The van der Waals surface area contributed by atoms with Crippen molar-refractivity contribution in [1.82, 2.24) is 14.7 Å². The van der Waals surface area contributed by atoms with Gasteiger partial charge in [0.05, 0.1) is 4.90 Å². The van der Waals surface area contributed by atoms with Gasteiger partial charge in [0.1, 0.15) is 23.7 Å². The van der Waals surface area contributed by atoms with Crippen molar-refractivity contribution in [2.75, 3.05) is 0 Å². The number of H-pyrrole nitrogens is 1. The fraction of sp³-hybridized carbons (Fsp3) is 0.182. The lowest BCUT2D eigenvalue weighted by Gasteiger charge is -2.17. The smallest absolute Gasteiger partial charge is 0.322 e. The molecule has 0 amide bonds. The molecule has 0 saturated carbocycles. The highest BCUT2D eigenvalue weighted by Gasteiger charge is 2.28. The van der Waals surface area contributed by atoms with Gasteiger partial charge >= 0.3 is 5.97 Å². The molecular weight excluding hydrogens is 437 g/mol. The van der Waals surface area contributed by atoms with Crippen LogP contribution in [0.3, 0.4) is 0 Å². The van der Waals surface area contributed by atoms with E-state index >= 15 is 0 Å². The number of nitrogens with one attached hydrogen (secondary N) is 2. The van der Waals surface area contributed by atoms with Crippen molar-refractivity contribution in [1.29, 1.82) is 0 Å². The van der Waals surface area contributed by atoms with E-state index in [1.165, 1.54) is 30.3 Å². The second-order valence-corrected chi connectivity index (χ2v) is 8.97. The second-order valence-electron chi connectivity index (χ2n) is 7.26. The molecule has 0 radical (unpaired) electrons. The number of benzene rings is 1. The van der Waals surface area contributed by atoms with Gasteiger partial charge in [-0.3, -0.25) is 9.78 Å². The van der Waals surface area contributed by atoms with E-state index < -0.39 is 28.2 Å². The standard InChI is InChI=1S/C22H20FN3O5S/c23-15-1-6-20-19(12-15)14(13-25-20)11-21(22(27)28)26-32(29,30)18-4-2-16(3-5-18)31-17-7-9-24-10-8-17/h1-10,13,15,21,25-26H,11-12H2,(H,27,28). The van der Waals surface area contributed by atoms with Crippen LogP contribution in [-0.2, 0) is 27.7 Å². The number of fused-ring (bicyclic) bond motifs is 1. The number of rotatable bonds is 8. The van der Waals surface area contributed by atoms with Crippen molar-refractivity contribution in [3.63, 3.8) is 0 Å².